The minimum absolute atomic E-state index is 0. The van der Waals surface area contributed by atoms with Crippen molar-refractivity contribution in [3.63, 3.8) is 0 Å². The van der Waals surface area contributed by atoms with Gasteiger partial charge in [-0.1, -0.05) is 6.92 Å². The lowest BCUT2D eigenvalue weighted by molar-refractivity contribution is -0.118. The number of nitrogens with one attached hydrogen (secondary N) is 1. The summed E-state index contributed by atoms with van der Waals surface area (Å²) in [6.07, 6.45) is 0.611. The first-order valence-electron chi connectivity index (χ1n) is 7.73. The number of anilines is 1. The Balaban J connectivity index is 0.00000225. The fraction of sp³-hybridized carbons (Fsp3) is 0.533. The minimum atomic E-state index is -3.75. The van der Waals surface area contributed by atoms with Crippen molar-refractivity contribution in [3.05, 3.63) is 12.1 Å². The molecule has 0 aliphatic carbocycles. The summed E-state index contributed by atoms with van der Waals surface area (Å²) in [6.45, 7) is 2.52. The largest absolute Gasteiger partial charge is 0.495 e. The Morgan fingerprint density at radius 2 is 2.12 bits per heavy atom. The van der Waals surface area contributed by atoms with E-state index in [1.807, 2.05) is 6.92 Å². The number of hydrogen-bond acceptors (Lipinski definition) is 6. The second kappa shape index (κ2) is 7.36. The van der Waals surface area contributed by atoms with E-state index in [4.69, 9.17) is 15.2 Å². The van der Waals surface area contributed by atoms with Crippen LogP contribution >= 0.6 is 12.4 Å². The Morgan fingerprint density at radius 3 is 2.76 bits per heavy atom. The van der Waals surface area contributed by atoms with Gasteiger partial charge in [0.15, 0.2) is 6.61 Å². The maximum Gasteiger partial charge on any atom is 0.262 e. The minimum Gasteiger partial charge on any atom is -0.495 e. The lowest BCUT2D eigenvalue weighted by atomic mass is 9.96. The van der Waals surface area contributed by atoms with E-state index in [0.29, 0.717) is 30.9 Å². The Hall–Kier alpha value is -1.55. The van der Waals surface area contributed by atoms with Gasteiger partial charge in [-0.25, -0.2) is 8.42 Å². The van der Waals surface area contributed by atoms with Crippen molar-refractivity contribution in [1.82, 2.24) is 4.31 Å². The number of rotatable bonds is 3. The van der Waals surface area contributed by atoms with Gasteiger partial charge >= 0.3 is 0 Å². The molecule has 2 unspecified atom stereocenters. The monoisotopic (exact) mass is 391 g/mol. The van der Waals surface area contributed by atoms with E-state index in [2.05, 4.69) is 5.32 Å². The molecule has 1 saturated heterocycles. The van der Waals surface area contributed by atoms with Crippen LogP contribution in [0.25, 0.3) is 0 Å². The second-order valence-electron chi connectivity index (χ2n) is 6.13. The first-order valence-corrected chi connectivity index (χ1v) is 9.17. The Bertz CT molecular complexity index is 771. The number of amides is 1. The molecule has 0 radical (unpaired) electrons. The summed E-state index contributed by atoms with van der Waals surface area (Å²) in [5.74, 6) is 0.268. The molecule has 3 N–H and O–H groups in total. The molecule has 3 rings (SSSR count). The van der Waals surface area contributed by atoms with E-state index in [1.165, 1.54) is 23.5 Å². The summed E-state index contributed by atoms with van der Waals surface area (Å²) in [7, 11) is -2.36. The highest BCUT2D eigenvalue weighted by atomic mass is 35.5. The number of methoxy groups -OCH3 is 1. The summed E-state index contributed by atoms with van der Waals surface area (Å²) >= 11 is 0. The van der Waals surface area contributed by atoms with Crippen LogP contribution in [0.4, 0.5) is 5.69 Å². The quantitative estimate of drug-likeness (QED) is 0.788. The Morgan fingerprint density at radius 1 is 1.40 bits per heavy atom. The van der Waals surface area contributed by atoms with Gasteiger partial charge in [0.25, 0.3) is 5.91 Å². The fourth-order valence-corrected chi connectivity index (χ4v) is 4.64. The van der Waals surface area contributed by atoms with E-state index in [1.54, 1.807) is 0 Å². The molecule has 10 heteroatoms. The van der Waals surface area contributed by atoms with Gasteiger partial charge < -0.3 is 20.5 Å². The van der Waals surface area contributed by atoms with Crippen molar-refractivity contribution in [1.29, 1.82) is 0 Å². The van der Waals surface area contributed by atoms with Crippen LogP contribution in [0.3, 0.4) is 0 Å². The van der Waals surface area contributed by atoms with Gasteiger partial charge in [-0.2, -0.15) is 4.31 Å². The smallest absolute Gasteiger partial charge is 0.262 e. The van der Waals surface area contributed by atoms with Crippen LogP contribution in [0.2, 0.25) is 0 Å². The van der Waals surface area contributed by atoms with Gasteiger partial charge in [0.2, 0.25) is 10.0 Å². The summed E-state index contributed by atoms with van der Waals surface area (Å²) in [5.41, 5.74) is 6.38. The van der Waals surface area contributed by atoms with Crippen molar-refractivity contribution in [2.75, 3.05) is 32.1 Å². The lowest BCUT2D eigenvalue weighted by Crippen LogP contribution is -2.48. The molecule has 1 amide bonds. The topological polar surface area (TPSA) is 111 Å². The van der Waals surface area contributed by atoms with Crippen LogP contribution in [0.5, 0.6) is 11.5 Å². The second-order valence-corrected chi connectivity index (χ2v) is 8.04. The average molecular weight is 392 g/mol. The number of sulfonamides is 1. The predicted molar refractivity (Wildman–Crippen MR) is 94.9 cm³/mol. The zero-order chi connectivity index (χ0) is 17.5. The number of piperidine rings is 1. The van der Waals surface area contributed by atoms with Gasteiger partial charge in [0, 0.05) is 31.3 Å². The van der Waals surface area contributed by atoms with Crippen molar-refractivity contribution < 1.29 is 22.7 Å². The normalized spacial score (nSPS) is 23.7. The van der Waals surface area contributed by atoms with E-state index in [0.717, 1.165) is 0 Å². The van der Waals surface area contributed by atoms with Crippen LogP contribution in [-0.2, 0) is 14.8 Å². The molecule has 8 nitrogen and oxygen atoms in total. The number of hydrogen-bond donors (Lipinski definition) is 2. The van der Waals surface area contributed by atoms with E-state index >= 15 is 0 Å². The van der Waals surface area contributed by atoms with Crippen LogP contribution < -0.4 is 20.5 Å². The molecular weight excluding hydrogens is 370 g/mol. The molecule has 140 valence electrons. The van der Waals surface area contributed by atoms with Crippen LogP contribution in [0.1, 0.15) is 13.3 Å². The molecule has 0 aromatic heterocycles. The molecule has 2 aliphatic rings. The number of fused-ring (bicyclic) bond motifs is 1. The number of nitrogens with zero attached hydrogens (tertiary/aromatic N) is 1. The zero-order valence-electron chi connectivity index (χ0n) is 14.0. The molecule has 0 bridgehead atoms. The fourth-order valence-electron chi connectivity index (χ4n) is 2.93. The first-order chi connectivity index (χ1) is 11.3. The van der Waals surface area contributed by atoms with Gasteiger partial charge in [0.05, 0.1) is 12.8 Å². The summed E-state index contributed by atoms with van der Waals surface area (Å²) in [4.78, 5) is 11.4. The van der Waals surface area contributed by atoms with Gasteiger partial charge in [-0.05, 0) is 12.3 Å². The van der Waals surface area contributed by atoms with Crippen molar-refractivity contribution >= 4 is 34.0 Å². The van der Waals surface area contributed by atoms with Gasteiger partial charge in [0.1, 0.15) is 16.4 Å². The van der Waals surface area contributed by atoms with Crippen LogP contribution in [-0.4, -0.2) is 51.5 Å². The highest BCUT2D eigenvalue weighted by Crippen LogP contribution is 2.38. The Labute approximate surface area is 153 Å². The van der Waals surface area contributed by atoms with E-state index in [9.17, 15) is 13.2 Å². The highest BCUT2D eigenvalue weighted by molar-refractivity contribution is 7.89. The SMILES string of the molecule is COc1cc2c(cc1S(=O)(=O)N1CCC(N)C(C)C1)OCC(=O)N2.Cl. The lowest BCUT2D eigenvalue weighted by Gasteiger charge is -2.34. The van der Waals surface area contributed by atoms with Gasteiger partial charge in [-0.15, -0.1) is 12.4 Å². The number of carbonyl (C=O) groups is 1. The molecule has 25 heavy (non-hydrogen) atoms. The molecule has 1 fully saturated rings. The number of benzene rings is 1. The summed E-state index contributed by atoms with van der Waals surface area (Å²) in [6, 6.07) is 2.88. The van der Waals surface area contributed by atoms with E-state index in [-0.39, 0.29) is 47.5 Å². The predicted octanol–water partition coefficient (Wildman–Crippen LogP) is 0.806. The number of ether oxygens (including phenoxy) is 2. The van der Waals surface area contributed by atoms with Crippen molar-refractivity contribution in [3.8, 4) is 11.5 Å². The third kappa shape index (κ3) is 3.69. The van der Waals surface area contributed by atoms with E-state index < -0.39 is 10.0 Å². The molecule has 1 aromatic carbocycles. The number of halogens is 1. The highest BCUT2D eigenvalue weighted by Gasteiger charge is 2.35. The maximum absolute atomic E-state index is 13.0. The molecule has 0 spiro atoms. The van der Waals surface area contributed by atoms with Crippen molar-refractivity contribution in [2.45, 2.75) is 24.3 Å². The average Bonchev–Trinajstić information content (AvgIpc) is 2.55. The molecular formula is C15H22ClN3O5S. The third-order valence-electron chi connectivity index (χ3n) is 4.45. The maximum atomic E-state index is 13.0. The van der Waals surface area contributed by atoms with Gasteiger partial charge in [-0.3, -0.25) is 4.79 Å². The molecule has 2 heterocycles. The zero-order valence-corrected chi connectivity index (χ0v) is 15.7. The van der Waals surface area contributed by atoms with Crippen LogP contribution in [0.15, 0.2) is 17.0 Å². The molecule has 2 aliphatic heterocycles. The first kappa shape index (κ1) is 19.8. The Kier molecular flexibility index (Phi) is 5.82. The molecule has 0 saturated carbocycles. The summed E-state index contributed by atoms with van der Waals surface area (Å²) < 4.78 is 38.0. The van der Waals surface area contributed by atoms with Crippen LogP contribution in [0, 0.1) is 5.92 Å². The standard InChI is InChI=1S/C15H21N3O5S.ClH/c1-9-7-18(4-3-10(9)16)24(20,21)14-6-12-11(5-13(14)22-2)17-15(19)8-23-12;/h5-6,9-10H,3-4,7-8,16H2,1-2H3,(H,17,19);1H. The number of carbonyl (C=O) groups excluding carboxylic acids is 1. The summed E-state index contributed by atoms with van der Waals surface area (Å²) in [5, 5.41) is 2.64. The molecule has 1 aromatic rings. The third-order valence-corrected chi connectivity index (χ3v) is 6.34. The molecule has 2 atom stereocenters. The number of nitrogens with two attached hydrogens (primary N) is 1. The van der Waals surface area contributed by atoms with Crippen molar-refractivity contribution in [2.24, 2.45) is 11.7 Å².